The summed E-state index contributed by atoms with van der Waals surface area (Å²) in [5, 5.41) is 12.6. The van der Waals surface area contributed by atoms with Gasteiger partial charge in [-0.15, -0.1) is 6.58 Å². The van der Waals surface area contributed by atoms with Crippen molar-refractivity contribution in [2.45, 2.75) is 88.5 Å². The number of carbonyl (C=O) groups is 3. The number of nitrogens with two attached hydrogens (primary N) is 1. The van der Waals surface area contributed by atoms with Crippen LogP contribution in [-0.2, 0) is 14.3 Å². The first-order valence-corrected chi connectivity index (χ1v) is 10.3. The standard InChI is InChI=1S/C20H33N3O5/c1-2-3-4-5-6-11-16(22-20(27)28-15-9-7-8-10-15)19(26)23-13-14(24)12-17(23)18(21)25/h2,14-17,24H,1,3-13H2,(H2,21,25)(H,22,27)/t14-,16-,17-/m0/s1. The average Bonchev–Trinajstić information content (AvgIpc) is 3.29. The minimum absolute atomic E-state index is 0.0404. The maximum absolute atomic E-state index is 13.0. The van der Waals surface area contributed by atoms with E-state index in [1.165, 1.54) is 4.90 Å². The second-order valence-corrected chi connectivity index (χ2v) is 7.73. The van der Waals surface area contributed by atoms with Crippen LogP contribution in [0.15, 0.2) is 12.7 Å². The van der Waals surface area contributed by atoms with E-state index in [1.807, 2.05) is 6.08 Å². The van der Waals surface area contributed by atoms with Crippen molar-refractivity contribution in [3.05, 3.63) is 12.7 Å². The van der Waals surface area contributed by atoms with Crippen molar-refractivity contribution < 1.29 is 24.2 Å². The van der Waals surface area contributed by atoms with Crippen molar-refractivity contribution in [3.8, 4) is 0 Å². The molecule has 3 atom stereocenters. The third-order valence-electron chi connectivity index (χ3n) is 5.46. The van der Waals surface area contributed by atoms with Gasteiger partial charge in [0.05, 0.1) is 6.10 Å². The van der Waals surface area contributed by atoms with Gasteiger partial charge in [0.2, 0.25) is 11.8 Å². The number of β-amino-alcohol motifs (C(OH)–C–C–N with tert-alkyl or cyclic N) is 1. The molecule has 0 bridgehead atoms. The van der Waals surface area contributed by atoms with Gasteiger partial charge in [-0.2, -0.15) is 0 Å². The third-order valence-corrected chi connectivity index (χ3v) is 5.46. The highest BCUT2D eigenvalue weighted by Crippen LogP contribution is 2.22. The van der Waals surface area contributed by atoms with Crippen molar-refractivity contribution in [3.63, 3.8) is 0 Å². The Balaban J connectivity index is 1.98. The maximum Gasteiger partial charge on any atom is 0.408 e. The van der Waals surface area contributed by atoms with Crippen LogP contribution in [0.4, 0.5) is 4.79 Å². The molecular weight excluding hydrogens is 362 g/mol. The van der Waals surface area contributed by atoms with Crippen molar-refractivity contribution >= 4 is 17.9 Å². The fourth-order valence-electron chi connectivity index (χ4n) is 3.93. The second kappa shape index (κ2) is 11.0. The Labute approximate surface area is 166 Å². The zero-order chi connectivity index (χ0) is 20.5. The molecule has 1 heterocycles. The molecule has 2 aliphatic rings. The van der Waals surface area contributed by atoms with Gasteiger partial charge in [-0.05, 0) is 44.9 Å². The van der Waals surface area contributed by atoms with Crippen molar-refractivity contribution in [2.24, 2.45) is 5.73 Å². The molecule has 158 valence electrons. The first kappa shape index (κ1) is 22.2. The molecule has 0 aromatic rings. The predicted octanol–water partition coefficient (Wildman–Crippen LogP) is 1.61. The summed E-state index contributed by atoms with van der Waals surface area (Å²) in [4.78, 5) is 38.3. The number of nitrogens with zero attached hydrogens (tertiary/aromatic N) is 1. The number of allylic oxidation sites excluding steroid dienone is 1. The molecule has 1 aliphatic carbocycles. The third kappa shape index (κ3) is 6.51. The maximum atomic E-state index is 13.0. The largest absolute Gasteiger partial charge is 0.446 e. The first-order valence-electron chi connectivity index (χ1n) is 10.3. The fourth-order valence-corrected chi connectivity index (χ4v) is 3.93. The number of hydrogen-bond acceptors (Lipinski definition) is 5. The van der Waals surface area contributed by atoms with Gasteiger partial charge in [0.25, 0.3) is 0 Å². The Kier molecular flexibility index (Phi) is 8.76. The van der Waals surface area contributed by atoms with Crippen LogP contribution in [0.5, 0.6) is 0 Å². The van der Waals surface area contributed by atoms with Crippen molar-refractivity contribution in [2.75, 3.05) is 6.54 Å². The smallest absolute Gasteiger partial charge is 0.408 e. The summed E-state index contributed by atoms with van der Waals surface area (Å²) in [6, 6.07) is -1.65. The number of likely N-dealkylation sites (tertiary alicyclic amines) is 1. The molecule has 0 aromatic heterocycles. The molecule has 1 aliphatic heterocycles. The molecule has 1 saturated heterocycles. The van der Waals surface area contributed by atoms with E-state index in [0.29, 0.717) is 6.42 Å². The van der Waals surface area contributed by atoms with E-state index in [2.05, 4.69) is 11.9 Å². The van der Waals surface area contributed by atoms with E-state index in [4.69, 9.17) is 10.5 Å². The van der Waals surface area contributed by atoms with Gasteiger partial charge in [-0.25, -0.2) is 4.79 Å². The number of alkyl carbamates (subject to hydrolysis) is 1. The molecule has 0 unspecified atom stereocenters. The van der Waals surface area contributed by atoms with Gasteiger partial charge in [-0.1, -0.05) is 18.9 Å². The van der Waals surface area contributed by atoms with Gasteiger partial charge in [0, 0.05) is 13.0 Å². The molecule has 2 rings (SSSR count). The predicted molar refractivity (Wildman–Crippen MR) is 104 cm³/mol. The number of ether oxygens (including phenoxy) is 1. The van der Waals surface area contributed by atoms with Crippen LogP contribution in [-0.4, -0.2) is 58.8 Å². The number of carbonyl (C=O) groups excluding carboxylic acids is 3. The molecule has 0 aromatic carbocycles. The molecule has 1 saturated carbocycles. The van der Waals surface area contributed by atoms with Crippen LogP contribution in [0.1, 0.15) is 64.2 Å². The van der Waals surface area contributed by atoms with E-state index >= 15 is 0 Å². The van der Waals surface area contributed by atoms with E-state index < -0.39 is 36.1 Å². The molecule has 8 heteroatoms. The molecule has 28 heavy (non-hydrogen) atoms. The summed E-state index contributed by atoms with van der Waals surface area (Å²) in [6.07, 6.45) is 8.18. The highest BCUT2D eigenvalue weighted by molar-refractivity contribution is 5.91. The summed E-state index contributed by atoms with van der Waals surface area (Å²) in [5.41, 5.74) is 5.39. The van der Waals surface area contributed by atoms with Gasteiger partial charge in [-0.3, -0.25) is 9.59 Å². The monoisotopic (exact) mass is 395 g/mol. The molecule has 8 nitrogen and oxygen atoms in total. The number of primary amides is 1. The van der Waals surface area contributed by atoms with Gasteiger partial charge >= 0.3 is 6.09 Å². The number of amides is 3. The zero-order valence-electron chi connectivity index (χ0n) is 16.5. The minimum atomic E-state index is -0.849. The second-order valence-electron chi connectivity index (χ2n) is 7.73. The minimum Gasteiger partial charge on any atom is -0.446 e. The van der Waals surface area contributed by atoms with Crippen LogP contribution in [0.25, 0.3) is 0 Å². The Bertz CT molecular complexity index is 562. The summed E-state index contributed by atoms with van der Waals surface area (Å²) in [5.74, 6) is -1.05. The lowest BCUT2D eigenvalue weighted by molar-refractivity contribution is -0.139. The molecule has 0 radical (unpaired) electrons. The fraction of sp³-hybridized carbons (Fsp3) is 0.750. The van der Waals surface area contributed by atoms with E-state index in [0.717, 1.165) is 51.4 Å². The summed E-state index contributed by atoms with van der Waals surface area (Å²) >= 11 is 0. The number of rotatable bonds is 10. The summed E-state index contributed by atoms with van der Waals surface area (Å²) in [7, 11) is 0. The number of aliphatic hydroxyl groups excluding tert-OH is 1. The first-order chi connectivity index (χ1) is 13.4. The lowest BCUT2D eigenvalue weighted by atomic mass is 10.1. The SMILES string of the molecule is C=CCCCCC[C@H](NC(=O)OC1CCCC1)C(=O)N1C[C@@H](O)C[C@H]1C(N)=O. The van der Waals surface area contributed by atoms with Crippen molar-refractivity contribution in [1.82, 2.24) is 10.2 Å². The van der Waals surface area contributed by atoms with Gasteiger partial charge < -0.3 is 25.8 Å². The van der Waals surface area contributed by atoms with Crippen LogP contribution < -0.4 is 11.1 Å². The highest BCUT2D eigenvalue weighted by atomic mass is 16.6. The topological polar surface area (TPSA) is 122 Å². The molecular formula is C20H33N3O5. The van der Waals surface area contributed by atoms with Crippen LogP contribution in [0.3, 0.4) is 0 Å². The summed E-state index contributed by atoms with van der Waals surface area (Å²) < 4.78 is 5.42. The average molecular weight is 396 g/mol. The van der Waals surface area contributed by atoms with Crippen molar-refractivity contribution in [1.29, 1.82) is 0 Å². The normalized spacial score (nSPS) is 23.4. The van der Waals surface area contributed by atoms with Gasteiger partial charge in [0.1, 0.15) is 18.2 Å². The molecule has 2 fully saturated rings. The molecule has 0 spiro atoms. The van der Waals surface area contributed by atoms with E-state index in [9.17, 15) is 19.5 Å². The highest BCUT2D eigenvalue weighted by Gasteiger charge is 2.40. The summed E-state index contributed by atoms with van der Waals surface area (Å²) in [6.45, 7) is 3.73. The van der Waals surface area contributed by atoms with E-state index in [-0.39, 0.29) is 19.1 Å². The lowest BCUT2D eigenvalue weighted by Gasteiger charge is -2.28. The number of nitrogens with one attached hydrogen (secondary N) is 1. The Hall–Kier alpha value is -2.09. The van der Waals surface area contributed by atoms with Crippen LogP contribution >= 0.6 is 0 Å². The lowest BCUT2D eigenvalue weighted by Crippen LogP contribution is -2.53. The molecule has 4 N–H and O–H groups in total. The van der Waals surface area contributed by atoms with E-state index in [1.54, 1.807) is 0 Å². The quantitative estimate of drug-likeness (QED) is 0.383. The Morgan fingerprint density at radius 3 is 2.61 bits per heavy atom. The van der Waals surface area contributed by atoms with Gasteiger partial charge in [0.15, 0.2) is 0 Å². The van der Waals surface area contributed by atoms with Crippen LogP contribution in [0.2, 0.25) is 0 Å². The number of hydrogen-bond donors (Lipinski definition) is 3. The van der Waals surface area contributed by atoms with Crippen LogP contribution in [0, 0.1) is 0 Å². The Morgan fingerprint density at radius 1 is 1.25 bits per heavy atom. The Morgan fingerprint density at radius 2 is 1.96 bits per heavy atom. The zero-order valence-corrected chi connectivity index (χ0v) is 16.5. The number of aliphatic hydroxyl groups is 1. The molecule has 3 amide bonds. The number of unbranched alkanes of at least 4 members (excludes halogenated alkanes) is 3.